The summed E-state index contributed by atoms with van der Waals surface area (Å²) in [4.78, 5) is 16.3. The lowest BCUT2D eigenvalue weighted by Crippen LogP contribution is -2.07. The molecule has 5 heteroatoms. The van der Waals surface area contributed by atoms with E-state index in [1.165, 1.54) is 23.5 Å². The Kier molecular flexibility index (Phi) is 4.78. The van der Waals surface area contributed by atoms with Gasteiger partial charge >= 0.3 is 0 Å². The molecule has 3 rings (SSSR count). The third kappa shape index (κ3) is 4.23. The van der Waals surface area contributed by atoms with E-state index in [1.54, 1.807) is 24.4 Å². The van der Waals surface area contributed by atoms with Crippen molar-refractivity contribution in [3.05, 3.63) is 76.5 Å². The average Bonchev–Trinajstić information content (AvgIpc) is 3.02. The highest BCUT2D eigenvalue weighted by atomic mass is 32.1. The van der Waals surface area contributed by atoms with Crippen LogP contribution in [0.4, 0.5) is 4.39 Å². The molecule has 2 aromatic carbocycles. The highest BCUT2D eigenvalue weighted by Crippen LogP contribution is 2.26. The molecule has 0 spiro atoms. The minimum absolute atomic E-state index is 0.0650. The summed E-state index contributed by atoms with van der Waals surface area (Å²) in [6.45, 7) is 0. The third-order valence-electron chi connectivity index (χ3n) is 3.22. The Labute approximate surface area is 137 Å². The molecule has 3 aromatic rings. The molecular weight excluding hydrogens is 313 g/mol. The Morgan fingerprint density at radius 1 is 1.13 bits per heavy atom. The van der Waals surface area contributed by atoms with Gasteiger partial charge < -0.3 is 4.74 Å². The number of thiazole rings is 1. The smallest absolute Gasteiger partial charge is 0.144 e. The van der Waals surface area contributed by atoms with Crippen molar-refractivity contribution >= 4 is 17.1 Å². The average molecular weight is 327 g/mol. The van der Waals surface area contributed by atoms with Gasteiger partial charge in [0.25, 0.3) is 0 Å². The summed E-state index contributed by atoms with van der Waals surface area (Å²) in [7, 11) is 0. The lowest BCUT2D eigenvalue weighted by Gasteiger charge is -2.10. The van der Waals surface area contributed by atoms with Crippen LogP contribution in [0.25, 0.3) is 0 Å². The molecule has 0 saturated heterocycles. The number of halogens is 1. The number of carbonyl (C=O) groups is 1. The molecular formula is C18H14FNO2S. The normalized spacial score (nSPS) is 10.5. The van der Waals surface area contributed by atoms with Crippen molar-refractivity contribution in [2.45, 2.75) is 12.8 Å². The molecule has 0 bridgehead atoms. The van der Waals surface area contributed by atoms with E-state index in [0.29, 0.717) is 17.9 Å². The molecule has 0 aliphatic carbocycles. The predicted molar refractivity (Wildman–Crippen MR) is 87.4 cm³/mol. The second-order valence-corrected chi connectivity index (χ2v) is 5.96. The molecule has 0 unspecified atom stereocenters. The summed E-state index contributed by atoms with van der Waals surface area (Å²) in [6.07, 6.45) is 2.26. The van der Waals surface area contributed by atoms with Gasteiger partial charge in [-0.05, 0) is 18.2 Å². The second-order valence-electron chi connectivity index (χ2n) is 4.99. The molecule has 0 N–H and O–H groups in total. The molecule has 0 atom stereocenters. The van der Waals surface area contributed by atoms with Gasteiger partial charge in [0, 0.05) is 29.6 Å². The zero-order valence-corrected chi connectivity index (χ0v) is 13.1. The highest BCUT2D eigenvalue weighted by Gasteiger charge is 2.11. The van der Waals surface area contributed by atoms with Gasteiger partial charge in [0.05, 0.1) is 11.4 Å². The van der Waals surface area contributed by atoms with E-state index >= 15 is 0 Å². The van der Waals surface area contributed by atoms with Crippen LogP contribution in [0, 0.1) is 5.82 Å². The predicted octanol–water partition coefficient (Wildman–Crippen LogP) is 4.43. The Morgan fingerprint density at radius 3 is 2.78 bits per heavy atom. The topological polar surface area (TPSA) is 39.2 Å². The molecule has 0 radical (unpaired) electrons. The monoisotopic (exact) mass is 327 g/mol. The van der Waals surface area contributed by atoms with Gasteiger partial charge in [0.2, 0.25) is 0 Å². The number of ether oxygens (including phenoxy) is 1. The van der Waals surface area contributed by atoms with Crippen LogP contribution in [0.1, 0.15) is 10.6 Å². The van der Waals surface area contributed by atoms with Crippen LogP contribution in [0.2, 0.25) is 0 Å². The number of rotatable bonds is 6. The first-order valence-corrected chi connectivity index (χ1v) is 8.00. The lowest BCUT2D eigenvalue weighted by atomic mass is 10.1. The largest absolute Gasteiger partial charge is 0.457 e. The maximum atomic E-state index is 13.3. The zero-order valence-electron chi connectivity index (χ0n) is 12.2. The Balaban J connectivity index is 1.74. The molecule has 116 valence electrons. The van der Waals surface area contributed by atoms with Crippen LogP contribution >= 0.6 is 11.3 Å². The van der Waals surface area contributed by atoms with Crippen LogP contribution in [0.5, 0.6) is 11.5 Å². The number of nitrogens with zero attached hydrogens (tertiary/aromatic N) is 1. The number of ketones is 1. The number of aromatic nitrogens is 1. The summed E-state index contributed by atoms with van der Waals surface area (Å²) in [5.74, 6) is 0.672. The number of hydrogen-bond donors (Lipinski definition) is 0. The zero-order chi connectivity index (χ0) is 16.1. The number of Topliss-reactive ketones (excluding diaryl/α,β-unsaturated/α-hetero) is 1. The van der Waals surface area contributed by atoms with E-state index in [4.69, 9.17) is 4.74 Å². The molecule has 23 heavy (non-hydrogen) atoms. The van der Waals surface area contributed by atoms with Gasteiger partial charge in [-0.3, -0.25) is 4.79 Å². The fourth-order valence-corrected chi connectivity index (χ4v) is 2.84. The first-order valence-electron chi connectivity index (χ1n) is 7.12. The molecule has 0 amide bonds. The second kappa shape index (κ2) is 7.15. The molecule has 1 heterocycles. The number of benzene rings is 2. The summed E-state index contributed by atoms with van der Waals surface area (Å²) in [5.41, 5.74) is 0.776. The Morgan fingerprint density at radius 2 is 2.00 bits per heavy atom. The van der Waals surface area contributed by atoms with E-state index in [2.05, 4.69) is 4.98 Å². The van der Waals surface area contributed by atoms with Crippen LogP contribution in [-0.4, -0.2) is 10.8 Å². The summed E-state index contributed by atoms with van der Waals surface area (Å²) in [6, 6.07) is 13.2. The fraction of sp³-hybridized carbons (Fsp3) is 0.111. The van der Waals surface area contributed by atoms with Crippen LogP contribution in [0.3, 0.4) is 0 Å². The SMILES string of the molecule is O=C(Cc1nccs1)Cc1ccccc1Oc1cccc(F)c1. The quantitative estimate of drug-likeness (QED) is 0.672. The van der Waals surface area contributed by atoms with Crippen molar-refractivity contribution in [3.8, 4) is 11.5 Å². The maximum absolute atomic E-state index is 13.3. The van der Waals surface area contributed by atoms with Gasteiger partial charge in [-0.25, -0.2) is 9.37 Å². The van der Waals surface area contributed by atoms with Crippen molar-refractivity contribution in [1.29, 1.82) is 0 Å². The van der Waals surface area contributed by atoms with E-state index in [9.17, 15) is 9.18 Å². The summed E-state index contributed by atoms with van der Waals surface area (Å²) >= 11 is 1.47. The number of carbonyl (C=O) groups excluding carboxylic acids is 1. The molecule has 0 aliphatic rings. The van der Waals surface area contributed by atoms with Crippen molar-refractivity contribution in [2.75, 3.05) is 0 Å². The van der Waals surface area contributed by atoms with Crippen molar-refractivity contribution < 1.29 is 13.9 Å². The van der Waals surface area contributed by atoms with Crippen molar-refractivity contribution in [1.82, 2.24) is 4.98 Å². The van der Waals surface area contributed by atoms with Crippen molar-refractivity contribution in [3.63, 3.8) is 0 Å². The minimum Gasteiger partial charge on any atom is -0.457 e. The minimum atomic E-state index is -0.361. The van der Waals surface area contributed by atoms with E-state index < -0.39 is 0 Å². The van der Waals surface area contributed by atoms with Gasteiger partial charge in [-0.1, -0.05) is 24.3 Å². The summed E-state index contributed by atoms with van der Waals surface area (Å²) < 4.78 is 19.0. The van der Waals surface area contributed by atoms with Gasteiger partial charge in [0.1, 0.15) is 23.1 Å². The van der Waals surface area contributed by atoms with Crippen LogP contribution < -0.4 is 4.74 Å². The van der Waals surface area contributed by atoms with E-state index in [-0.39, 0.29) is 18.0 Å². The molecule has 0 fully saturated rings. The molecule has 1 aromatic heterocycles. The Hall–Kier alpha value is -2.53. The van der Waals surface area contributed by atoms with E-state index in [0.717, 1.165) is 10.6 Å². The fourth-order valence-electron chi connectivity index (χ4n) is 2.19. The number of hydrogen-bond acceptors (Lipinski definition) is 4. The van der Waals surface area contributed by atoms with Gasteiger partial charge in [0.15, 0.2) is 0 Å². The number of para-hydroxylation sites is 1. The third-order valence-corrected chi connectivity index (χ3v) is 4.00. The first kappa shape index (κ1) is 15.4. The lowest BCUT2D eigenvalue weighted by molar-refractivity contribution is -0.117. The highest BCUT2D eigenvalue weighted by molar-refractivity contribution is 7.09. The van der Waals surface area contributed by atoms with Crippen LogP contribution in [-0.2, 0) is 17.6 Å². The molecule has 0 saturated carbocycles. The van der Waals surface area contributed by atoms with E-state index in [1.807, 2.05) is 23.6 Å². The molecule has 3 nitrogen and oxygen atoms in total. The van der Waals surface area contributed by atoms with Gasteiger partial charge in [-0.15, -0.1) is 11.3 Å². The van der Waals surface area contributed by atoms with Crippen LogP contribution in [0.15, 0.2) is 60.1 Å². The molecule has 0 aliphatic heterocycles. The summed E-state index contributed by atoms with van der Waals surface area (Å²) in [5, 5.41) is 2.66. The first-order chi connectivity index (χ1) is 11.2. The van der Waals surface area contributed by atoms with Gasteiger partial charge in [-0.2, -0.15) is 0 Å². The van der Waals surface area contributed by atoms with Crippen molar-refractivity contribution in [2.24, 2.45) is 0 Å². The maximum Gasteiger partial charge on any atom is 0.144 e. The standard InChI is InChI=1S/C18H14FNO2S/c19-14-5-3-6-16(11-14)22-17-7-2-1-4-13(17)10-15(21)12-18-20-8-9-23-18/h1-9,11H,10,12H2. The Bertz CT molecular complexity index is 802.